The Labute approximate surface area is 114 Å². The number of aliphatic hydroxyl groups is 1. The molecule has 4 heteroatoms. The lowest BCUT2D eigenvalue weighted by molar-refractivity contribution is 0.0801. The van der Waals surface area contributed by atoms with Crippen molar-refractivity contribution in [3.63, 3.8) is 0 Å². The van der Waals surface area contributed by atoms with Gasteiger partial charge in [-0.05, 0) is 57.0 Å². The molecule has 0 saturated carbocycles. The zero-order valence-electron chi connectivity index (χ0n) is 11.5. The fourth-order valence-corrected chi connectivity index (χ4v) is 2.19. The highest BCUT2D eigenvalue weighted by Crippen LogP contribution is 2.27. The minimum Gasteiger partial charge on any atom is -0.496 e. The Bertz CT molecular complexity index is 400. The van der Waals surface area contributed by atoms with E-state index in [9.17, 15) is 5.11 Å². The smallest absolute Gasteiger partial charge is 0.125 e. The van der Waals surface area contributed by atoms with Crippen LogP contribution in [0.1, 0.15) is 25.0 Å². The molecule has 3 nitrogen and oxygen atoms in total. The van der Waals surface area contributed by atoms with E-state index in [-0.39, 0.29) is 0 Å². The van der Waals surface area contributed by atoms with E-state index in [1.165, 1.54) is 0 Å². The van der Waals surface area contributed by atoms with Crippen LogP contribution in [-0.2, 0) is 6.42 Å². The van der Waals surface area contributed by atoms with Gasteiger partial charge in [-0.3, -0.25) is 0 Å². The second-order valence-electron chi connectivity index (χ2n) is 5.15. The average Bonchev–Trinajstić information content (AvgIpc) is 2.22. The van der Waals surface area contributed by atoms with Gasteiger partial charge in [-0.1, -0.05) is 11.6 Å². The summed E-state index contributed by atoms with van der Waals surface area (Å²) in [7, 11) is 1.67. The Balaban J connectivity index is 2.61. The maximum absolute atomic E-state index is 9.60. The highest BCUT2D eigenvalue weighted by molar-refractivity contribution is 6.30. The van der Waals surface area contributed by atoms with Crippen LogP contribution in [0, 0.1) is 6.92 Å². The van der Waals surface area contributed by atoms with Crippen molar-refractivity contribution in [1.29, 1.82) is 0 Å². The molecule has 0 atom stereocenters. The van der Waals surface area contributed by atoms with Gasteiger partial charge >= 0.3 is 0 Å². The molecule has 0 aliphatic rings. The van der Waals surface area contributed by atoms with Crippen molar-refractivity contribution >= 4 is 11.6 Å². The van der Waals surface area contributed by atoms with Crippen LogP contribution in [-0.4, -0.2) is 30.9 Å². The monoisotopic (exact) mass is 271 g/mol. The van der Waals surface area contributed by atoms with Gasteiger partial charge in [0.05, 0.1) is 12.7 Å². The number of benzene rings is 1. The number of ether oxygens (including phenoxy) is 1. The van der Waals surface area contributed by atoms with Gasteiger partial charge < -0.3 is 15.2 Å². The highest BCUT2D eigenvalue weighted by atomic mass is 35.5. The van der Waals surface area contributed by atoms with Crippen molar-refractivity contribution in [1.82, 2.24) is 5.32 Å². The Kier molecular flexibility index (Phi) is 5.45. The minimum absolute atomic E-state index is 0.564. The number of methoxy groups -OCH3 is 1. The third-order valence-electron chi connectivity index (χ3n) is 2.65. The molecule has 1 aromatic rings. The second-order valence-corrected chi connectivity index (χ2v) is 5.59. The molecule has 0 aliphatic carbocycles. The molecule has 0 aromatic heterocycles. The lowest BCUT2D eigenvalue weighted by Gasteiger charge is -2.18. The van der Waals surface area contributed by atoms with Gasteiger partial charge in [0.25, 0.3) is 0 Å². The molecule has 0 heterocycles. The molecule has 0 amide bonds. The van der Waals surface area contributed by atoms with Crippen molar-refractivity contribution < 1.29 is 9.84 Å². The third-order valence-corrected chi connectivity index (χ3v) is 2.87. The Morgan fingerprint density at radius 1 is 1.39 bits per heavy atom. The molecule has 102 valence electrons. The van der Waals surface area contributed by atoms with Crippen LogP contribution in [0.3, 0.4) is 0 Å². The van der Waals surface area contributed by atoms with Crippen molar-refractivity contribution in [2.45, 2.75) is 32.8 Å². The molecule has 0 saturated heterocycles. The van der Waals surface area contributed by atoms with Crippen molar-refractivity contribution in [2.75, 3.05) is 20.2 Å². The molecular weight excluding hydrogens is 250 g/mol. The lowest BCUT2D eigenvalue weighted by atomic mass is 10.1. The summed E-state index contributed by atoms with van der Waals surface area (Å²) >= 11 is 6.05. The van der Waals surface area contributed by atoms with Crippen LogP contribution < -0.4 is 10.1 Å². The summed E-state index contributed by atoms with van der Waals surface area (Å²) in [6.07, 6.45) is 0.820. The summed E-state index contributed by atoms with van der Waals surface area (Å²) in [6.45, 7) is 6.89. The number of nitrogens with one attached hydrogen (secondary N) is 1. The summed E-state index contributed by atoms with van der Waals surface area (Å²) in [4.78, 5) is 0. The molecule has 0 unspecified atom stereocenters. The van der Waals surface area contributed by atoms with Crippen LogP contribution in [0.2, 0.25) is 5.02 Å². The molecule has 2 N–H and O–H groups in total. The molecule has 0 bridgehead atoms. The standard InChI is InChI=1S/C14H22ClNO2/c1-10-7-12(15)8-11(13(10)18-4)5-6-16-9-14(2,3)17/h7-8,16-17H,5-6,9H2,1-4H3. The third kappa shape index (κ3) is 4.84. The quantitative estimate of drug-likeness (QED) is 0.782. The number of aryl methyl sites for hydroxylation is 1. The molecular formula is C14H22ClNO2. The van der Waals surface area contributed by atoms with E-state index in [0.29, 0.717) is 6.54 Å². The first-order valence-electron chi connectivity index (χ1n) is 6.09. The summed E-state index contributed by atoms with van der Waals surface area (Å²) in [6, 6.07) is 3.83. The van der Waals surface area contributed by atoms with E-state index in [0.717, 1.165) is 34.9 Å². The molecule has 0 radical (unpaired) electrons. The normalized spacial score (nSPS) is 11.7. The van der Waals surface area contributed by atoms with Gasteiger partial charge in [-0.25, -0.2) is 0 Å². The zero-order valence-corrected chi connectivity index (χ0v) is 12.3. The summed E-state index contributed by atoms with van der Waals surface area (Å²) in [5.74, 6) is 0.893. The number of hydrogen-bond donors (Lipinski definition) is 2. The number of halogens is 1. The molecule has 0 fully saturated rings. The van der Waals surface area contributed by atoms with Gasteiger partial charge in [-0.2, -0.15) is 0 Å². The average molecular weight is 272 g/mol. The van der Waals surface area contributed by atoms with Gasteiger partial charge in [0.15, 0.2) is 0 Å². The van der Waals surface area contributed by atoms with Gasteiger partial charge in [0.1, 0.15) is 5.75 Å². The van der Waals surface area contributed by atoms with E-state index in [2.05, 4.69) is 5.32 Å². The molecule has 0 spiro atoms. The van der Waals surface area contributed by atoms with E-state index >= 15 is 0 Å². The van der Waals surface area contributed by atoms with E-state index in [4.69, 9.17) is 16.3 Å². The van der Waals surface area contributed by atoms with Crippen LogP contribution in [0.5, 0.6) is 5.75 Å². The molecule has 0 aliphatic heterocycles. The summed E-state index contributed by atoms with van der Waals surface area (Å²) in [5.41, 5.74) is 1.45. The maximum atomic E-state index is 9.60. The topological polar surface area (TPSA) is 41.5 Å². The number of rotatable bonds is 6. The van der Waals surface area contributed by atoms with Crippen LogP contribution >= 0.6 is 11.6 Å². The molecule has 1 aromatic carbocycles. The first kappa shape index (κ1) is 15.3. The van der Waals surface area contributed by atoms with E-state index in [1.807, 2.05) is 19.1 Å². The highest BCUT2D eigenvalue weighted by Gasteiger charge is 2.12. The van der Waals surface area contributed by atoms with Crippen LogP contribution in [0.4, 0.5) is 0 Å². The lowest BCUT2D eigenvalue weighted by Crippen LogP contribution is -2.35. The van der Waals surface area contributed by atoms with E-state index in [1.54, 1.807) is 21.0 Å². The van der Waals surface area contributed by atoms with Gasteiger partial charge in [-0.15, -0.1) is 0 Å². The Hall–Kier alpha value is -0.770. The predicted octanol–water partition coefficient (Wildman–Crippen LogP) is 2.56. The Morgan fingerprint density at radius 3 is 2.61 bits per heavy atom. The molecule has 18 heavy (non-hydrogen) atoms. The van der Waals surface area contributed by atoms with Crippen LogP contribution in [0.25, 0.3) is 0 Å². The Morgan fingerprint density at radius 2 is 2.06 bits per heavy atom. The first-order valence-corrected chi connectivity index (χ1v) is 6.47. The second kappa shape index (κ2) is 6.41. The zero-order chi connectivity index (χ0) is 13.8. The summed E-state index contributed by atoms with van der Waals surface area (Å²) in [5, 5.41) is 13.5. The van der Waals surface area contributed by atoms with Crippen molar-refractivity contribution in [3.05, 3.63) is 28.3 Å². The molecule has 1 rings (SSSR count). The fraction of sp³-hybridized carbons (Fsp3) is 0.571. The first-order chi connectivity index (χ1) is 8.33. The maximum Gasteiger partial charge on any atom is 0.125 e. The minimum atomic E-state index is -0.686. The largest absolute Gasteiger partial charge is 0.496 e. The van der Waals surface area contributed by atoms with Gasteiger partial charge in [0, 0.05) is 11.6 Å². The van der Waals surface area contributed by atoms with Gasteiger partial charge in [0.2, 0.25) is 0 Å². The fourth-order valence-electron chi connectivity index (χ4n) is 1.89. The van der Waals surface area contributed by atoms with Crippen molar-refractivity contribution in [3.8, 4) is 5.75 Å². The van der Waals surface area contributed by atoms with Crippen LogP contribution in [0.15, 0.2) is 12.1 Å². The predicted molar refractivity (Wildman–Crippen MR) is 75.6 cm³/mol. The summed E-state index contributed by atoms with van der Waals surface area (Å²) < 4.78 is 5.39. The SMILES string of the molecule is COc1c(C)cc(Cl)cc1CCNCC(C)(C)O. The van der Waals surface area contributed by atoms with Crippen molar-refractivity contribution in [2.24, 2.45) is 0 Å². The number of hydrogen-bond acceptors (Lipinski definition) is 3. The van der Waals surface area contributed by atoms with E-state index < -0.39 is 5.60 Å².